The summed E-state index contributed by atoms with van der Waals surface area (Å²) in [5.41, 5.74) is 0. The van der Waals surface area contributed by atoms with Crippen LogP contribution in [0.1, 0.15) is 13.8 Å². The number of rotatable bonds is 3. The van der Waals surface area contributed by atoms with E-state index in [0.29, 0.717) is 0 Å². The van der Waals surface area contributed by atoms with Gasteiger partial charge < -0.3 is 4.90 Å². The van der Waals surface area contributed by atoms with E-state index >= 15 is 0 Å². The zero-order valence-electron chi connectivity index (χ0n) is 5.82. The Balaban J connectivity index is 3.10. The molecule has 0 aromatic heterocycles. The van der Waals surface area contributed by atoms with Gasteiger partial charge in [-0.3, -0.25) is 0 Å². The van der Waals surface area contributed by atoms with Crippen molar-refractivity contribution >= 4 is 11.6 Å². The summed E-state index contributed by atoms with van der Waals surface area (Å²) in [6, 6.07) is 0. The van der Waals surface area contributed by atoms with Crippen molar-refractivity contribution in [1.29, 1.82) is 0 Å². The van der Waals surface area contributed by atoms with E-state index in [0.717, 1.165) is 13.1 Å². The molecule has 0 radical (unpaired) electrons. The molecule has 1 atom stereocenters. The maximum Gasteiger partial charge on any atom is 0.0434 e. The van der Waals surface area contributed by atoms with Gasteiger partial charge in [0.05, 0.1) is 0 Å². The number of hydrogen-bond donors (Lipinski definition) is 0. The summed E-state index contributed by atoms with van der Waals surface area (Å²) >= 11 is 5.71. The van der Waals surface area contributed by atoms with E-state index in [1.165, 1.54) is 0 Å². The highest BCUT2D eigenvalue weighted by Gasteiger charge is 1.98. The molecule has 0 spiro atoms. The van der Waals surface area contributed by atoms with E-state index in [-0.39, 0.29) is 5.38 Å². The van der Waals surface area contributed by atoms with Crippen LogP contribution in [0.4, 0.5) is 0 Å². The molecule has 0 aromatic rings. The highest BCUT2D eigenvalue weighted by molar-refractivity contribution is 6.20. The Bertz CT molecular complexity index is 54.5. The van der Waals surface area contributed by atoms with Crippen molar-refractivity contribution < 1.29 is 0 Å². The zero-order valence-corrected chi connectivity index (χ0v) is 6.57. The first-order valence-electron chi connectivity index (χ1n) is 2.99. The first-order valence-corrected chi connectivity index (χ1v) is 3.43. The Morgan fingerprint density at radius 2 is 2.12 bits per heavy atom. The second-order valence-corrected chi connectivity index (χ2v) is 2.88. The Labute approximate surface area is 56.6 Å². The molecule has 0 aliphatic rings. The van der Waals surface area contributed by atoms with Gasteiger partial charge in [-0.2, -0.15) is 0 Å². The minimum absolute atomic E-state index is 0.278. The second-order valence-electron chi connectivity index (χ2n) is 2.14. The summed E-state index contributed by atoms with van der Waals surface area (Å²) in [5.74, 6) is 0. The predicted molar refractivity (Wildman–Crippen MR) is 38.5 cm³/mol. The van der Waals surface area contributed by atoms with Crippen molar-refractivity contribution in [3.63, 3.8) is 0 Å². The molecule has 0 N–H and O–H groups in total. The van der Waals surface area contributed by atoms with Crippen LogP contribution in [-0.2, 0) is 0 Å². The van der Waals surface area contributed by atoms with Gasteiger partial charge in [-0.15, -0.1) is 11.6 Å². The molecule has 0 aliphatic carbocycles. The molecule has 0 aromatic carbocycles. The largest absolute Gasteiger partial charge is 0.305 e. The maximum absolute atomic E-state index is 5.71. The van der Waals surface area contributed by atoms with Gasteiger partial charge in [0.15, 0.2) is 0 Å². The smallest absolute Gasteiger partial charge is 0.0434 e. The third-order valence-electron chi connectivity index (χ3n) is 1.10. The Kier molecular flexibility index (Phi) is 4.29. The Morgan fingerprint density at radius 1 is 1.62 bits per heavy atom. The molecule has 0 saturated heterocycles. The average Bonchev–Trinajstić information content (AvgIpc) is 1.65. The molecule has 0 heterocycles. The van der Waals surface area contributed by atoms with Gasteiger partial charge in [0.25, 0.3) is 0 Å². The van der Waals surface area contributed by atoms with E-state index in [1.807, 2.05) is 6.92 Å². The molecule has 50 valence electrons. The molecule has 0 fully saturated rings. The van der Waals surface area contributed by atoms with Crippen molar-refractivity contribution in [3.8, 4) is 0 Å². The fraction of sp³-hybridized carbons (Fsp3) is 1.00. The molecule has 0 amide bonds. The second kappa shape index (κ2) is 4.16. The van der Waals surface area contributed by atoms with Gasteiger partial charge >= 0.3 is 0 Å². The third kappa shape index (κ3) is 4.41. The van der Waals surface area contributed by atoms with Crippen molar-refractivity contribution in [2.24, 2.45) is 0 Å². The van der Waals surface area contributed by atoms with Crippen LogP contribution < -0.4 is 0 Å². The summed E-state index contributed by atoms with van der Waals surface area (Å²) in [7, 11) is 2.07. The number of alkyl halides is 1. The molecule has 1 nitrogen and oxygen atoms in total. The summed E-state index contributed by atoms with van der Waals surface area (Å²) in [4.78, 5) is 2.19. The number of hydrogen-bond acceptors (Lipinski definition) is 1. The van der Waals surface area contributed by atoms with Gasteiger partial charge in [0, 0.05) is 11.9 Å². The summed E-state index contributed by atoms with van der Waals surface area (Å²) in [6.07, 6.45) is 0. The van der Waals surface area contributed by atoms with E-state index in [1.54, 1.807) is 0 Å². The van der Waals surface area contributed by atoms with Crippen molar-refractivity contribution in [2.45, 2.75) is 19.2 Å². The molecule has 1 unspecified atom stereocenters. The highest BCUT2D eigenvalue weighted by Crippen LogP contribution is 1.94. The average molecular weight is 136 g/mol. The fourth-order valence-electron chi connectivity index (χ4n) is 0.559. The van der Waals surface area contributed by atoms with Gasteiger partial charge in [-0.1, -0.05) is 6.92 Å². The predicted octanol–water partition coefficient (Wildman–Crippen LogP) is 1.57. The monoisotopic (exact) mass is 135 g/mol. The van der Waals surface area contributed by atoms with E-state index in [4.69, 9.17) is 11.6 Å². The quantitative estimate of drug-likeness (QED) is 0.531. The normalized spacial score (nSPS) is 14.6. The standard InChI is InChI=1S/C6H14ClN/c1-4-8(3)5-6(2)7/h6H,4-5H2,1-3H3. The Hall–Kier alpha value is 0.250. The van der Waals surface area contributed by atoms with Crippen molar-refractivity contribution in [1.82, 2.24) is 4.90 Å². The van der Waals surface area contributed by atoms with E-state index in [9.17, 15) is 0 Å². The van der Waals surface area contributed by atoms with E-state index < -0.39 is 0 Å². The zero-order chi connectivity index (χ0) is 6.57. The molecular weight excluding hydrogens is 122 g/mol. The van der Waals surface area contributed by atoms with Crippen LogP contribution in [0.15, 0.2) is 0 Å². The van der Waals surface area contributed by atoms with Crippen LogP contribution in [0.25, 0.3) is 0 Å². The van der Waals surface area contributed by atoms with Crippen LogP contribution in [0.5, 0.6) is 0 Å². The summed E-state index contributed by atoms with van der Waals surface area (Å²) in [6.45, 7) is 6.20. The van der Waals surface area contributed by atoms with Crippen LogP contribution >= 0.6 is 11.6 Å². The molecule has 0 aliphatic heterocycles. The van der Waals surface area contributed by atoms with Crippen LogP contribution in [-0.4, -0.2) is 30.4 Å². The SMILES string of the molecule is CCN(C)CC(C)Cl. The number of nitrogens with zero attached hydrogens (tertiary/aromatic N) is 1. The minimum atomic E-state index is 0.278. The molecule has 8 heavy (non-hydrogen) atoms. The van der Waals surface area contributed by atoms with Gasteiger partial charge in [0.2, 0.25) is 0 Å². The topological polar surface area (TPSA) is 3.24 Å². The third-order valence-corrected chi connectivity index (χ3v) is 1.24. The fourth-order valence-corrected chi connectivity index (χ4v) is 0.794. The maximum atomic E-state index is 5.71. The summed E-state index contributed by atoms with van der Waals surface area (Å²) in [5, 5.41) is 0.278. The first-order chi connectivity index (χ1) is 3.66. The molecular formula is C6H14ClN. The van der Waals surface area contributed by atoms with Crippen LogP contribution in [0.2, 0.25) is 0 Å². The number of halogens is 1. The van der Waals surface area contributed by atoms with Gasteiger partial charge in [0.1, 0.15) is 0 Å². The van der Waals surface area contributed by atoms with E-state index in [2.05, 4.69) is 18.9 Å². The lowest BCUT2D eigenvalue weighted by atomic mass is 10.4. The Morgan fingerprint density at radius 3 is 2.25 bits per heavy atom. The van der Waals surface area contributed by atoms with Crippen molar-refractivity contribution in [2.75, 3.05) is 20.1 Å². The van der Waals surface area contributed by atoms with Crippen molar-refractivity contribution in [3.05, 3.63) is 0 Å². The van der Waals surface area contributed by atoms with Gasteiger partial charge in [-0.25, -0.2) is 0 Å². The molecule has 0 rings (SSSR count). The molecule has 0 bridgehead atoms. The van der Waals surface area contributed by atoms with Crippen LogP contribution in [0, 0.1) is 0 Å². The molecule has 2 heteroatoms. The van der Waals surface area contributed by atoms with Crippen LogP contribution in [0.3, 0.4) is 0 Å². The lowest BCUT2D eigenvalue weighted by Crippen LogP contribution is -2.23. The van der Waals surface area contributed by atoms with Gasteiger partial charge in [-0.05, 0) is 20.5 Å². The minimum Gasteiger partial charge on any atom is -0.305 e. The summed E-state index contributed by atoms with van der Waals surface area (Å²) < 4.78 is 0. The lowest BCUT2D eigenvalue weighted by Gasteiger charge is -2.14. The molecule has 0 saturated carbocycles. The lowest BCUT2D eigenvalue weighted by molar-refractivity contribution is 0.356. The first kappa shape index (κ1) is 8.25. The highest BCUT2D eigenvalue weighted by atomic mass is 35.5.